The lowest BCUT2D eigenvalue weighted by atomic mass is 10.1. The van der Waals surface area contributed by atoms with Crippen LogP contribution in [0.15, 0.2) is 0 Å². The smallest absolute Gasteiger partial charge is 0.191 e. The first-order chi connectivity index (χ1) is 8.74. The van der Waals surface area contributed by atoms with E-state index in [-0.39, 0.29) is 0 Å². The molecule has 0 fully saturated rings. The van der Waals surface area contributed by atoms with Gasteiger partial charge < -0.3 is 8.85 Å². The van der Waals surface area contributed by atoms with Crippen LogP contribution < -0.4 is 0 Å². The minimum absolute atomic E-state index is 0.329. The van der Waals surface area contributed by atoms with Gasteiger partial charge >= 0.3 is 0 Å². The molecule has 0 amide bonds. The first-order valence-electron chi connectivity index (χ1n) is 7.85. The summed E-state index contributed by atoms with van der Waals surface area (Å²) in [5.74, 6) is 0. The zero-order valence-electron chi connectivity index (χ0n) is 14.6. The second-order valence-electron chi connectivity index (χ2n) is 6.72. The van der Waals surface area contributed by atoms with Gasteiger partial charge in [-0.05, 0) is 39.0 Å². The van der Waals surface area contributed by atoms with E-state index < -0.39 is 16.6 Å². The Kier molecular flexibility index (Phi) is 8.11. The van der Waals surface area contributed by atoms with Gasteiger partial charge in [-0.15, -0.1) is 0 Å². The largest absolute Gasteiger partial charge is 0.420 e. The predicted molar refractivity (Wildman–Crippen MR) is 90.7 cm³/mol. The van der Waals surface area contributed by atoms with E-state index in [1.165, 1.54) is 38.5 Å². The molecule has 0 spiro atoms. The lowest BCUT2D eigenvalue weighted by Gasteiger charge is -2.52. The Bertz CT molecular complexity index is 227. The fourth-order valence-electron chi connectivity index (χ4n) is 3.40. The summed E-state index contributed by atoms with van der Waals surface area (Å²) in [7, 11) is 0.329. The van der Waals surface area contributed by atoms with Crippen LogP contribution in [0.4, 0.5) is 0 Å². The molecule has 0 atom stereocenters. The van der Waals surface area contributed by atoms with Crippen LogP contribution in [0.1, 0.15) is 52.4 Å². The molecule has 0 aromatic heterocycles. The molecule has 19 heavy (non-hydrogen) atoms. The average molecular weight is 305 g/mol. The molecule has 0 N–H and O–H groups in total. The Balaban J connectivity index is 5.57. The lowest BCUT2D eigenvalue weighted by Crippen LogP contribution is -2.59. The molecule has 0 radical (unpaired) electrons. The number of rotatable bonds is 10. The quantitative estimate of drug-likeness (QED) is 0.507. The third kappa shape index (κ3) is 4.16. The summed E-state index contributed by atoms with van der Waals surface area (Å²) < 4.78 is 12.5. The van der Waals surface area contributed by atoms with Crippen molar-refractivity contribution in [1.82, 2.24) is 0 Å². The summed E-state index contributed by atoms with van der Waals surface area (Å²) in [5, 5.41) is 0. The maximum absolute atomic E-state index is 6.08. The van der Waals surface area contributed by atoms with Crippen molar-refractivity contribution in [1.29, 1.82) is 0 Å². The molecular formula is C15H36O2Si2. The van der Waals surface area contributed by atoms with E-state index in [9.17, 15) is 0 Å². The molecule has 0 unspecified atom stereocenters. The van der Waals surface area contributed by atoms with Gasteiger partial charge in [0.1, 0.15) is 0 Å². The molecular weight excluding hydrogens is 268 g/mol. The van der Waals surface area contributed by atoms with Crippen LogP contribution in [-0.2, 0) is 8.85 Å². The first-order valence-corrected chi connectivity index (χ1v) is 13.7. The summed E-state index contributed by atoms with van der Waals surface area (Å²) in [6.07, 6.45) is 7.67. The Hall–Kier alpha value is 0.354. The van der Waals surface area contributed by atoms with Crippen molar-refractivity contribution in [3.63, 3.8) is 0 Å². The van der Waals surface area contributed by atoms with Crippen molar-refractivity contribution in [3.05, 3.63) is 0 Å². The second kappa shape index (κ2) is 7.96. The molecule has 0 saturated carbocycles. The highest BCUT2D eigenvalue weighted by Gasteiger charge is 2.58. The maximum atomic E-state index is 6.08. The van der Waals surface area contributed by atoms with Gasteiger partial charge in [-0.2, -0.15) is 0 Å². The number of hydrogen-bond acceptors (Lipinski definition) is 2. The number of unbranched alkanes of at least 4 members (excludes halogenated alkanes) is 2. The van der Waals surface area contributed by atoms with Gasteiger partial charge in [0.2, 0.25) is 0 Å². The van der Waals surface area contributed by atoms with Crippen molar-refractivity contribution in [2.75, 3.05) is 14.2 Å². The fourth-order valence-corrected chi connectivity index (χ4v) is 13.7. The third-order valence-electron chi connectivity index (χ3n) is 5.24. The second-order valence-corrected chi connectivity index (χ2v) is 16.0. The van der Waals surface area contributed by atoms with Gasteiger partial charge in [-0.25, -0.2) is 0 Å². The number of hydrogen-bond donors (Lipinski definition) is 0. The van der Waals surface area contributed by atoms with Crippen molar-refractivity contribution in [3.8, 4) is 0 Å². The van der Waals surface area contributed by atoms with Gasteiger partial charge in [0, 0.05) is 18.9 Å². The van der Waals surface area contributed by atoms with E-state index in [0.29, 0.717) is 4.66 Å². The summed E-state index contributed by atoms with van der Waals surface area (Å²) in [5.41, 5.74) is 0. The van der Waals surface area contributed by atoms with E-state index >= 15 is 0 Å². The molecule has 116 valence electrons. The molecule has 0 heterocycles. The molecule has 0 saturated heterocycles. The van der Waals surface area contributed by atoms with Crippen LogP contribution >= 0.6 is 0 Å². The highest BCUT2D eigenvalue weighted by atomic mass is 28.4. The summed E-state index contributed by atoms with van der Waals surface area (Å²) in [6, 6.07) is 0. The van der Waals surface area contributed by atoms with Crippen molar-refractivity contribution >= 4 is 16.6 Å². The molecule has 0 rings (SSSR count). The minimum Gasteiger partial charge on any atom is -0.420 e. The van der Waals surface area contributed by atoms with Crippen LogP contribution in [0, 0.1) is 0 Å². The van der Waals surface area contributed by atoms with Gasteiger partial charge in [0.15, 0.2) is 16.6 Å². The van der Waals surface area contributed by atoms with Crippen molar-refractivity contribution in [2.45, 2.75) is 83.2 Å². The molecule has 0 aromatic rings. The topological polar surface area (TPSA) is 18.5 Å². The Morgan fingerprint density at radius 2 is 1.05 bits per heavy atom. The minimum atomic E-state index is -1.75. The normalized spacial score (nSPS) is 13.9. The summed E-state index contributed by atoms with van der Waals surface area (Å²) >= 11 is 0. The van der Waals surface area contributed by atoms with Crippen LogP contribution in [-0.4, -0.2) is 30.9 Å². The van der Waals surface area contributed by atoms with Crippen LogP contribution in [0.25, 0.3) is 0 Å². The van der Waals surface area contributed by atoms with E-state index in [1.807, 2.05) is 14.2 Å². The molecule has 0 bridgehead atoms. The van der Waals surface area contributed by atoms with E-state index in [2.05, 4.69) is 40.0 Å². The van der Waals surface area contributed by atoms with Crippen LogP contribution in [0.2, 0.25) is 30.8 Å². The Morgan fingerprint density at radius 1 is 0.737 bits per heavy atom. The van der Waals surface area contributed by atoms with Gasteiger partial charge in [0.05, 0.1) is 0 Å². The lowest BCUT2D eigenvalue weighted by molar-refractivity contribution is 0.316. The molecule has 2 nitrogen and oxygen atoms in total. The highest BCUT2D eigenvalue weighted by molar-refractivity contribution is 6.94. The van der Waals surface area contributed by atoms with Crippen molar-refractivity contribution < 1.29 is 8.85 Å². The molecule has 0 aliphatic carbocycles. The Labute approximate surface area is 123 Å². The van der Waals surface area contributed by atoms with E-state index in [1.54, 1.807) is 0 Å². The molecule has 0 aliphatic rings. The van der Waals surface area contributed by atoms with E-state index in [4.69, 9.17) is 8.85 Å². The molecule has 0 aromatic carbocycles. The fraction of sp³-hybridized carbons (Fsp3) is 1.00. The van der Waals surface area contributed by atoms with Crippen LogP contribution in [0.5, 0.6) is 0 Å². The van der Waals surface area contributed by atoms with Crippen molar-refractivity contribution in [2.24, 2.45) is 0 Å². The maximum Gasteiger partial charge on any atom is 0.191 e. The highest BCUT2D eigenvalue weighted by Crippen LogP contribution is 2.54. The van der Waals surface area contributed by atoms with Gasteiger partial charge in [-0.3, -0.25) is 0 Å². The first kappa shape index (κ1) is 19.4. The monoisotopic (exact) mass is 304 g/mol. The SMILES string of the molecule is CCCCC(CCCC)([Si](C)(C)OC)[Si](C)(C)OC. The summed E-state index contributed by atoms with van der Waals surface area (Å²) in [4.78, 5) is 0. The van der Waals surface area contributed by atoms with Crippen LogP contribution in [0.3, 0.4) is 0 Å². The average Bonchev–Trinajstić information content (AvgIpc) is 2.38. The zero-order valence-corrected chi connectivity index (χ0v) is 16.6. The summed E-state index contributed by atoms with van der Waals surface area (Å²) in [6.45, 7) is 14.1. The van der Waals surface area contributed by atoms with E-state index in [0.717, 1.165) is 0 Å². The third-order valence-corrected chi connectivity index (χ3v) is 16.5. The standard InChI is InChI=1S/C15H36O2Si2/c1-9-11-13-15(14-12-10-2,18(5,6)16-3)19(7,8)17-4/h9-14H2,1-8H3. The predicted octanol–water partition coefficient (Wildman–Crippen LogP) is 5.35. The molecule has 4 heteroatoms. The van der Waals surface area contributed by atoms with Gasteiger partial charge in [-0.1, -0.05) is 39.5 Å². The van der Waals surface area contributed by atoms with Gasteiger partial charge in [0.25, 0.3) is 0 Å². The molecule has 0 aliphatic heterocycles. The Morgan fingerprint density at radius 3 is 1.26 bits per heavy atom. The zero-order chi connectivity index (χ0) is 15.2.